The summed E-state index contributed by atoms with van der Waals surface area (Å²) < 4.78 is 5.49. The Morgan fingerprint density at radius 2 is 2.00 bits per heavy atom. The summed E-state index contributed by atoms with van der Waals surface area (Å²) in [4.78, 5) is 0. The summed E-state index contributed by atoms with van der Waals surface area (Å²) in [5.41, 5.74) is 1.18. The zero-order valence-electron chi connectivity index (χ0n) is 12.2. The van der Waals surface area contributed by atoms with Crippen LogP contribution in [0, 0.1) is 0 Å². The summed E-state index contributed by atoms with van der Waals surface area (Å²) >= 11 is 0. The molecule has 0 amide bonds. The lowest BCUT2D eigenvalue weighted by Crippen LogP contribution is -2.29. The molecule has 1 atom stereocenters. The van der Waals surface area contributed by atoms with Crippen molar-refractivity contribution >= 4 is 10.8 Å². The summed E-state index contributed by atoms with van der Waals surface area (Å²) in [6.07, 6.45) is 1.79. The third kappa shape index (κ3) is 3.30. The highest BCUT2D eigenvalue weighted by molar-refractivity contribution is 5.87. The molecule has 0 aliphatic carbocycles. The predicted octanol–water partition coefficient (Wildman–Crippen LogP) is 3.10. The molecule has 0 saturated heterocycles. The third-order valence-corrected chi connectivity index (χ3v) is 3.76. The molecule has 0 aromatic heterocycles. The Balaban J connectivity index is 2.27. The normalized spacial score (nSPS) is 12.6. The Morgan fingerprint density at radius 1 is 1.20 bits per heavy atom. The van der Waals surface area contributed by atoms with E-state index < -0.39 is 0 Å². The van der Waals surface area contributed by atoms with Crippen LogP contribution in [0.5, 0.6) is 5.75 Å². The van der Waals surface area contributed by atoms with Gasteiger partial charge in [0, 0.05) is 24.8 Å². The molecule has 0 aliphatic heterocycles. The molecule has 3 nitrogen and oxygen atoms in total. The first-order valence-corrected chi connectivity index (χ1v) is 7.19. The fourth-order valence-electron chi connectivity index (χ4n) is 2.54. The topological polar surface area (TPSA) is 41.5 Å². The van der Waals surface area contributed by atoms with Gasteiger partial charge in [0.15, 0.2) is 0 Å². The number of aliphatic hydroxyl groups excluding tert-OH is 1. The molecule has 0 aliphatic rings. The zero-order chi connectivity index (χ0) is 14.4. The highest BCUT2D eigenvalue weighted by Crippen LogP contribution is 2.28. The maximum Gasteiger partial charge on any atom is 0.123 e. The van der Waals surface area contributed by atoms with Crippen molar-refractivity contribution in [3.8, 4) is 5.75 Å². The SMILES string of the molecule is CCC(CCO)NCc1c(OC)ccc2ccccc12. The maximum atomic E-state index is 9.07. The molecule has 2 aromatic carbocycles. The lowest BCUT2D eigenvalue weighted by atomic mass is 10.0. The first kappa shape index (κ1) is 14.8. The standard InChI is InChI=1S/C17H23NO2/c1-3-14(10-11-19)18-12-16-15-7-5-4-6-13(15)8-9-17(16)20-2/h4-9,14,18-19H,3,10-12H2,1-2H3. The van der Waals surface area contributed by atoms with E-state index in [0.717, 1.165) is 25.1 Å². The van der Waals surface area contributed by atoms with E-state index in [1.807, 2.05) is 12.1 Å². The quantitative estimate of drug-likeness (QED) is 0.814. The van der Waals surface area contributed by atoms with Crippen LogP contribution in [0.25, 0.3) is 10.8 Å². The lowest BCUT2D eigenvalue weighted by Gasteiger charge is -2.18. The highest BCUT2D eigenvalue weighted by atomic mass is 16.5. The second-order valence-electron chi connectivity index (χ2n) is 4.97. The number of ether oxygens (including phenoxy) is 1. The van der Waals surface area contributed by atoms with E-state index in [-0.39, 0.29) is 6.61 Å². The molecule has 3 heteroatoms. The van der Waals surface area contributed by atoms with Gasteiger partial charge in [-0.15, -0.1) is 0 Å². The van der Waals surface area contributed by atoms with Gasteiger partial charge in [-0.05, 0) is 29.7 Å². The summed E-state index contributed by atoms with van der Waals surface area (Å²) in [5.74, 6) is 0.912. The van der Waals surface area contributed by atoms with Crippen molar-refractivity contribution in [1.29, 1.82) is 0 Å². The van der Waals surface area contributed by atoms with E-state index in [1.165, 1.54) is 16.3 Å². The van der Waals surface area contributed by atoms with Crippen molar-refractivity contribution in [2.45, 2.75) is 32.4 Å². The Bertz CT molecular complexity index is 554. The second-order valence-corrected chi connectivity index (χ2v) is 4.97. The van der Waals surface area contributed by atoms with E-state index in [2.05, 4.69) is 36.5 Å². The predicted molar refractivity (Wildman–Crippen MR) is 83.1 cm³/mol. The van der Waals surface area contributed by atoms with Gasteiger partial charge in [0.1, 0.15) is 5.75 Å². The van der Waals surface area contributed by atoms with Crippen LogP contribution < -0.4 is 10.1 Å². The third-order valence-electron chi connectivity index (χ3n) is 3.76. The van der Waals surface area contributed by atoms with Gasteiger partial charge >= 0.3 is 0 Å². The van der Waals surface area contributed by atoms with Gasteiger partial charge in [0.2, 0.25) is 0 Å². The minimum absolute atomic E-state index is 0.220. The van der Waals surface area contributed by atoms with Crippen molar-refractivity contribution in [2.75, 3.05) is 13.7 Å². The lowest BCUT2D eigenvalue weighted by molar-refractivity contribution is 0.262. The zero-order valence-corrected chi connectivity index (χ0v) is 12.2. The molecule has 2 N–H and O–H groups in total. The smallest absolute Gasteiger partial charge is 0.123 e. The number of fused-ring (bicyclic) bond motifs is 1. The van der Waals surface area contributed by atoms with Gasteiger partial charge in [-0.2, -0.15) is 0 Å². The van der Waals surface area contributed by atoms with Gasteiger partial charge in [-0.1, -0.05) is 37.3 Å². The molecule has 108 valence electrons. The van der Waals surface area contributed by atoms with Crippen LogP contribution in [0.4, 0.5) is 0 Å². The van der Waals surface area contributed by atoms with Crippen molar-refractivity contribution in [2.24, 2.45) is 0 Å². The van der Waals surface area contributed by atoms with Crippen LogP contribution >= 0.6 is 0 Å². The largest absolute Gasteiger partial charge is 0.496 e. The molecule has 0 bridgehead atoms. The molecule has 0 radical (unpaired) electrons. The summed E-state index contributed by atoms with van der Waals surface area (Å²) in [5, 5.41) is 15.0. The van der Waals surface area contributed by atoms with Crippen molar-refractivity contribution in [3.63, 3.8) is 0 Å². The van der Waals surface area contributed by atoms with E-state index in [0.29, 0.717) is 6.04 Å². The Hall–Kier alpha value is -1.58. The highest BCUT2D eigenvalue weighted by Gasteiger charge is 2.10. The second kappa shape index (κ2) is 7.27. The van der Waals surface area contributed by atoms with Gasteiger partial charge in [0.05, 0.1) is 7.11 Å². The van der Waals surface area contributed by atoms with E-state index in [9.17, 15) is 0 Å². The molecule has 1 unspecified atom stereocenters. The van der Waals surface area contributed by atoms with Crippen molar-refractivity contribution in [3.05, 3.63) is 42.0 Å². The molecular weight excluding hydrogens is 250 g/mol. The van der Waals surface area contributed by atoms with E-state index in [4.69, 9.17) is 9.84 Å². The van der Waals surface area contributed by atoms with Crippen LogP contribution in [-0.2, 0) is 6.54 Å². The Morgan fingerprint density at radius 3 is 2.70 bits per heavy atom. The number of aliphatic hydroxyl groups is 1. The molecule has 0 fully saturated rings. The summed E-state index contributed by atoms with van der Waals surface area (Å²) in [7, 11) is 1.71. The molecule has 0 spiro atoms. The van der Waals surface area contributed by atoms with E-state index in [1.54, 1.807) is 7.11 Å². The number of hydrogen-bond acceptors (Lipinski definition) is 3. The fraction of sp³-hybridized carbons (Fsp3) is 0.412. The molecule has 20 heavy (non-hydrogen) atoms. The van der Waals surface area contributed by atoms with Crippen LogP contribution in [0.1, 0.15) is 25.3 Å². The number of benzene rings is 2. The fourth-order valence-corrected chi connectivity index (χ4v) is 2.54. The number of nitrogens with one attached hydrogen (secondary N) is 1. The average molecular weight is 273 g/mol. The molecule has 0 saturated carbocycles. The van der Waals surface area contributed by atoms with Gasteiger partial charge in [0.25, 0.3) is 0 Å². The monoisotopic (exact) mass is 273 g/mol. The van der Waals surface area contributed by atoms with Crippen LogP contribution in [0.3, 0.4) is 0 Å². The first-order chi connectivity index (χ1) is 9.80. The molecule has 2 aromatic rings. The van der Waals surface area contributed by atoms with Crippen molar-refractivity contribution < 1.29 is 9.84 Å². The average Bonchev–Trinajstić information content (AvgIpc) is 2.51. The number of hydrogen-bond donors (Lipinski definition) is 2. The minimum Gasteiger partial charge on any atom is -0.496 e. The van der Waals surface area contributed by atoms with Gasteiger partial charge in [-0.3, -0.25) is 0 Å². The van der Waals surface area contributed by atoms with Crippen LogP contribution in [0.15, 0.2) is 36.4 Å². The number of methoxy groups -OCH3 is 1. The van der Waals surface area contributed by atoms with E-state index >= 15 is 0 Å². The number of rotatable bonds is 7. The minimum atomic E-state index is 0.220. The van der Waals surface area contributed by atoms with Gasteiger partial charge in [-0.25, -0.2) is 0 Å². The molecule has 2 rings (SSSR count). The van der Waals surface area contributed by atoms with Crippen LogP contribution in [0.2, 0.25) is 0 Å². The Labute approximate surface area is 120 Å². The van der Waals surface area contributed by atoms with Gasteiger partial charge < -0.3 is 15.2 Å². The van der Waals surface area contributed by atoms with Crippen LogP contribution in [-0.4, -0.2) is 24.9 Å². The summed E-state index contributed by atoms with van der Waals surface area (Å²) in [6, 6.07) is 12.8. The molecule has 0 heterocycles. The Kier molecular flexibility index (Phi) is 5.39. The summed E-state index contributed by atoms with van der Waals surface area (Å²) in [6.45, 7) is 3.11. The maximum absolute atomic E-state index is 9.07. The van der Waals surface area contributed by atoms with Crippen molar-refractivity contribution in [1.82, 2.24) is 5.32 Å². The molecular formula is C17H23NO2. The first-order valence-electron chi connectivity index (χ1n) is 7.19.